The number of primary sulfonamides is 1. The highest BCUT2D eigenvalue weighted by Crippen LogP contribution is 2.42. The van der Waals surface area contributed by atoms with Gasteiger partial charge in [-0.05, 0) is 38.5 Å². The Labute approximate surface area is 239 Å². The van der Waals surface area contributed by atoms with Crippen molar-refractivity contribution in [1.82, 2.24) is 20.1 Å². The fourth-order valence-electron chi connectivity index (χ4n) is 4.55. The van der Waals surface area contributed by atoms with Crippen molar-refractivity contribution >= 4 is 27.5 Å². The van der Waals surface area contributed by atoms with Gasteiger partial charge in [-0.2, -0.15) is 27.1 Å². The lowest BCUT2D eigenvalue weighted by atomic mass is 9.86. The van der Waals surface area contributed by atoms with Gasteiger partial charge in [-0.25, -0.2) is 13.6 Å². The number of nitrogens with zero attached hydrogens (tertiary/aromatic N) is 3. The van der Waals surface area contributed by atoms with Gasteiger partial charge in [0.1, 0.15) is 10.6 Å². The van der Waals surface area contributed by atoms with Crippen molar-refractivity contribution in [3.8, 4) is 17.0 Å². The summed E-state index contributed by atoms with van der Waals surface area (Å²) in [5.41, 5.74) is 3.29. The van der Waals surface area contributed by atoms with Crippen LogP contribution in [0.4, 0.5) is 22.0 Å². The molecule has 1 aliphatic carbocycles. The van der Waals surface area contributed by atoms with Crippen molar-refractivity contribution in [3.05, 3.63) is 28.7 Å². The van der Waals surface area contributed by atoms with Gasteiger partial charge >= 0.3 is 12.8 Å². The molecule has 0 saturated heterocycles. The molecule has 0 spiro atoms. The van der Waals surface area contributed by atoms with Crippen LogP contribution in [0, 0.1) is 11.3 Å². The number of hydrogen-bond donors (Lipinski definition) is 3. The molecule has 10 nitrogen and oxygen atoms in total. The average Bonchev–Trinajstić information content (AvgIpc) is 3.18. The molecule has 1 saturated carbocycles. The predicted molar refractivity (Wildman–Crippen MR) is 141 cm³/mol. The van der Waals surface area contributed by atoms with Crippen LogP contribution in [0.2, 0.25) is 5.02 Å². The van der Waals surface area contributed by atoms with Crippen molar-refractivity contribution in [2.45, 2.75) is 77.1 Å². The van der Waals surface area contributed by atoms with Crippen LogP contribution >= 0.6 is 11.6 Å². The van der Waals surface area contributed by atoms with Crippen molar-refractivity contribution in [3.63, 3.8) is 0 Å². The van der Waals surface area contributed by atoms with Crippen molar-refractivity contribution < 1.29 is 39.9 Å². The number of halogens is 6. The SMILES string of the molecule is CCn1nc(C(=O)NC[C@H]2CC[C@](N)(S(N)(=O)=O)CC2)c(Cl)c1-c1cnc(CC(C)(C)C(F)(F)F)cc1OC(F)F. The Morgan fingerprint density at radius 3 is 2.41 bits per heavy atom. The van der Waals surface area contributed by atoms with E-state index in [1.54, 1.807) is 6.92 Å². The quantitative estimate of drug-likeness (QED) is 0.332. The lowest BCUT2D eigenvalue weighted by Gasteiger charge is -2.35. The largest absolute Gasteiger partial charge is 0.434 e. The molecule has 41 heavy (non-hydrogen) atoms. The third-order valence-corrected chi connectivity index (χ3v) is 9.16. The molecule has 2 aromatic rings. The zero-order valence-electron chi connectivity index (χ0n) is 22.6. The first-order chi connectivity index (χ1) is 18.8. The van der Waals surface area contributed by atoms with E-state index in [1.807, 2.05) is 0 Å². The van der Waals surface area contributed by atoms with Crippen LogP contribution in [-0.2, 0) is 23.0 Å². The van der Waals surface area contributed by atoms with E-state index in [0.29, 0.717) is 12.8 Å². The van der Waals surface area contributed by atoms with Gasteiger partial charge in [0.05, 0.1) is 21.7 Å². The number of amides is 1. The summed E-state index contributed by atoms with van der Waals surface area (Å²) in [7, 11) is -3.94. The van der Waals surface area contributed by atoms with Crippen molar-refractivity contribution in [2.24, 2.45) is 22.2 Å². The third-order valence-electron chi connectivity index (χ3n) is 7.26. The zero-order valence-corrected chi connectivity index (χ0v) is 24.1. The number of ether oxygens (including phenoxy) is 1. The van der Waals surface area contributed by atoms with E-state index in [2.05, 4.69) is 20.1 Å². The molecule has 0 radical (unpaired) electrons. The number of rotatable bonds is 10. The summed E-state index contributed by atoms with van der Waals surface area (Å²) in [6.45, 7) is 0.579. The molecule has 0 atom stereocenters. The number of alkyl halides is 5. The smallest absolute Gasteiger partial charge is 0.394 e. The van der Waals surface area contributed by atoms with Gasteiger partial charge in [-0.3, -0.25) is 14.5 Å². The van der Waals surface area contributed by atoms with Crippen LogP contribution in [0.3, 0.4) is 0 Å². The maximum absolute atomic E-state index is 13.4. The van der Waals surface area contributed by atoms with Gasteiger partial charge in [0.25, 0.3) is 5.91 Å². The molecular formula is C24H32ClF5N6O4S. The first-order valence-corrected chi connectivity index (χ1v) is 14.6. The first-order valence-electron chi connectivity index (χ1n) is 12.7. The number of sulfonamides is 1. The summed E-state index contributed by atoms with van der Waals surface area (Å²) in [5, 5.41) is 11.9. The minimum Gasteiger partial charge on any atom is -0.434 e. The minimum absolute atomic E-state index is 0.0165. The van der Waals surface area contributed by atoms with Gasteiger partial charge in [0.2, 0.25) is 10.0 Å². The summed E-state index contributed by atoms with van der Waals surface area (Å²) in [5.74, 6) is -1.24. The Balaban J connectivity index is 1.86. The number of nitrogens with one attached hydrogen (secondary N) is 1. The summed E-state index contributed by atoms with van der Waals surface area (Å²) in [6.07, 6.45) is -3.08. The Kier molecular flexibility index (Phi) is 9.62. The van der Waals surface area contributed by atoms with E-state index in [4.69, 9.17) is 22.5 Å². The maximum Gasteiger partial charge on any atom is 0.394 e. The molecule has 1 amide bonds. The number of hydrogen-bond acceptors (Lipinski definition) is 7. The van der Waals surface area contributed by atoms with E-state index in [1.165, 1.54) is 4.68 Å². The van der Waals surface area contributed by atoms with Crippen molar-refractivity contribution in [2.75, 3.05) is 6.54 Å². The second-order valence-electron chi connectivity index (χ2n) is 10.7. The molecule has 1 aliphatic rings. The van der Waals surface area contributed by atoms with Gasteiger partial charge in [-0.15, -0.1) is 0 Å². The van der Waals surface area contributed by atoms with E-state index >= 15 is 0 Å². The van der Waals surface area contributed by atoms with Gasteiger partial charge in [0, 0.05) is 37.5 Å². The molecule has 0 bridgehead atoms. The topological polar surface area (TPSA) is 155 Å². The summed E-state index contributed by atoms with van der Waals surface area (Å²) >= 11 is 6.50. The van der Waals surface area contributed by atoms with E-state index in [0.717, 1.165) is 26.1 Å². The zero-order chi connectivity index (χ0) is 31.0. The van der Waals surface area contributed by atoms with Crippen LogP contribution in [0.1, 0.15) is 62.6 Å². The molecule has 0 aromatic carbocycles. The highest BCUT2D eigenvalue weighted by Gasteiger charge is 2.47. The normalized spacial score (nSPS) is 20.3. The number of pyridine rings is 1. The molecule has 2 heterocycles. The number of carbonyl (C=O) groups excluding carboxylic acids is 1. The fraction of sp³-hybridized carbons (Fsp3) is 0.625. The second-order valence-corrected chi connectivity index (χ2v) is 13.0. The molecule has 17 heteroatoms. The Morgan fingerprint density at radius 1 is 1.29 bits per heavy atom. The van der Waals surface area contributed by atoms with E-state index in [-0.39, 0.29) is 59.5 Å². The summed E-state index contributed by atoms with van der Waals surface area (Å²) in [6, 6.07) is 0.986. The van der Waals surface area contributed by atoms with Crippen LogP contribution in [-0.4, -0.2) is 53.3 Å². The van der Waals surface area contributed by atoms with Crippen LogP contribution in [0.25, 0.3) is 11.3 Å². The number of carbonyl (C=O) groups is 1. The van der Waals surface area contributed by atoms with Gasteiger partial charge in [0.15, 0.2) is 5.69 Å². The highest BCUT2D eigenvalue weighted by atomic mass is 35.5. The maximum atomic E-state index is 13.4. The lowest BCUT2D eigenvalue weighted by Crippen LogP contribution is -2.54. The predicted octanol–water partition coefficient (Wildman–Crippen LogP) is 4.21. The standard InChI is InChI=1S/C24H32ClF5N6O4S/c1-4-36-19(15-12-33-14(9-16(15)40-21(26)27)10-22(2,3)24(28,29)30)17(25)18(35-36)20(37)34-11-13-5-7-23(31,8-6-13)41(32,38)39/h9,12-13,21H,4-8,10-11,31H2,1-3H3,(H,34,37)(H2,32,38,39)/t13-,23-. The summed E-state index contributed by atoms with van der Waals surface area (Å²) in [4.78, 5) is 15.5. The molecule has 2 aromatic heterocycles. The number of aromatic nitrogens is 3. The first kappa shape index (κ1) is 32.9. The van der Waals surface area contributed by atoms with Gasteiger partial charge < -0.3 is 15.8 Å². The lowest BCUT2D eigenvalue weighted by molar-refractivity contribution is -0.211. The highest BCUT2D eigenvalue weighted by molar-refractivity contribution is 7.90. The molecule has 0 aliphatic heterocycles. The number of nitrogens with two attached hydrogens (primary N) is 2. The molecule has 1 fully saturated rings. The molecular weight excluding hydrogens is 599 g/mol. The van der Waals surface area contributed by atoms with Gasteiger partial charge in [-0.1, -0.05) is 25.4 Å². The van der Waals surface area contributed by atoms with E-state index in [9.17, 15) is 35.2 Å². The Morgan fingerprint density at radius 2 is 1.90 bits per heavy atom. The monoisotopic (exact) mass is 630 g/mol. The van der Waals surface area contributed by atoms with Crippen LogP contribution < -0.4 is 20.9 Å². The second kappa shape index (κ2) is 12.0. The minimum atomic E-state index is -4.57. The molecule has 230 valence electrons. The number of aryl methyl sites for hydroxylation is 1. The van der Waals surface area contributed by atoms with Crippen LogP contribution in [0.15, 0.2) is 12.3 Å². The molecule has 5 N–H and O–H groups in total. The molecule has 0 unspecified atom stereocenters. The van der Waals surface area contributed by atoms with Crippen LogP contribution in [0.5, 0.6) is 5.75 Å². The Bertz CT molecular complexity index is 1380. The third kappa shape index (κ3) is 7.27. The average molecular weight is 631 g/mol. The summed E-state index contributed by atoms with van der Waals surface area (Å²) < 4.78 is 96.1. The Hall–Kier alpha value is -2.56. The van der Waals surface area contributed by atoms with E-state index < -0.39 is 51.2 Å². The molecule has 3 rings (SSSR count). The van der Waals surface area contributed by atoms with Crippen molar-refractivity contribution in [1.29, 1.82) is 0 Å². The fourth-order valence-corrected chi connectivity index (χ4v) is 5.67.